The normalized spacial score (nSPS) is 22.9. The summed E-state index contributed by atoms with van der Waals surface area (Å²) >= 11 is 1.91. The van der Waals surface area contributed by atoms with Crippen LogP contribution in [-0.2, 0) is 28.8 Å². The maximum Gasteiger partial charge on any atom is 0.278 e. The van der Waals surface area contributed by atoms with Gasteiger partial charge in [-0.2, -0.15) is 11.8 Å². The van der Waals surface area contributed by atoms with Crippen molar-refractivity contribution < 1.29 is 33.9 Å². The van der Waals surface area contributed by atoms with Crippen molar-refractivity contribution in [3.05, 3.63) is 12.2 Å². The maximum absolute atomic E-state index is 12.0. The van der Waals surface area contributed by atoms with Gasteiger partial charge in [0.2, 0.25) is 11.8 Å². The number of carbonyl (C=O) groups excluding carboxylic acids is 4. The van der Waals surface area contributed by atoms with Gasteiger partial charge in [0.05, 0.1) is 6.61 Å². The van der Waals surface area contributed by atoms with E-state index in [2.05, 4.69) is 17.6 Å². The predicted molar refractivity (Wildman–Crippen MR) is 127 cm³/mol. The van der Waals surface area contributed by atoms with Crippen molar-refractivity contribution in [2.24, 2.45) is 5.92 Å². The number of carbonyl (C=O) groups is 4. The van der Waals surface area contributed by atoms with Crippen LogP contribution in [0.25, 0.3) is 0 Å². The highest BCUT2D eigenvalue weighted by molar-refractivity contribution is 8.00. The molecule has 0 radical (unpaired) electrons. The van der Waals surface area contributed by atoms with Gasteiger partial charge in [0, 0.05) is 62.1 Å². The van der Waals surface area contributed by atoms with Crippen molar-refractivity contribution in [1.29, 1.82) is 0 Å². The summed E-state index contributed by atoms with van der Waals surface area (Å²) in [5.41, 5.74) is 0. The molecule has 4 unspecified atom stereocenters. The number of hydrogen-bond acceptors (Lipinski definition) is 8. The van der Waals surface area contributed by atoms with Crippen LogP contribution in [0.1, 0.15) is 58.8 Å². The number of thioether (sulfide) groups is 1. The predicted octanol–water partition coefficient (Wildman–Crippen LogP) is 1.28. The molecular formula is C23H37N3O7S. The fraction of sp³-hybridized carbons (Fsp3) is 0.739. The van der Waals surface area contributed by atoms with Crippen LogP contribution in [0.5, 0.6) is 0 Å². The quantitative estimate of drug-likeness (QED) is 0.164. The van der Waals surface area contributed by atoms with Crippen molar-refractivity contribution in [2.45, 2.75) is 76.4 Å². The zero-order valence-corrected chi connectivity index (χ0v) is 20.8. The minimum absolute atomic E-state index is 0.0260. The van der Waals surface area contributed by atoms with Crippen LogP contribution >= 0.6 is 11.8 Å². The molecule has 0 spiro atoms. The third kappa shape index (κ3) is 10.1. The van der Waals surface area contributed by atoms with Gasteiger partial charge in [-0.1, -0.05) is 13.3 Å². The van der Waals surface area contributed by atoms with Crippen molar-refractivity contribution in [3.8, 4) is 0 Å². The summed E-state index contributed by atoms with van der Waals surface area (Å²) in [4.78, 5) is 50.8. The summed E-state index contributed by atoms with van der Waals surface area (Å²) in [7, 11) is 0. The minimum atomic E-state index is -1.30. The van der Waals surface area contributed by atoms with E-state index in [1.54, 1.807) is 6.92 Å². The molecule has 2 aliphatic heterocycles. The number of nitrogens with one attached hydrogen (secondary N) is 2. The number of ether oxygens (including phenoxy) is 1. The van der Waals surface area contributed by atoms with Gasteiger partial charge in [0.25, 0.3) is 11.8 Å². The molecule has 0 aromatic heterocycles. The number of aliphatic hydroxyl groups is 1. The minimum Gasteiger partial charge on any atom is -0.381 e. The Hall–Kier alpha value is -1.95. The van der Waals surface area contributed by atoms with E-state index < -0.39 is 18.1 Å². The van der Waals surface area contributed by atoms with E-state index in [9.17, 15) is 24.3 Å². The molecule has 4 amide bonds. The van der Waals surface area contributed by atoms with Gasteiger partial charge < -0.3 is 20.5 Å². The number of nitrogens with zero attached hydrogens (tertiary/aromatic N) is 1. The Labute approximate surface area is 205 Å². The SMILES string of the molecule is CC(=O)NC1CSC(CCCCC(=O)NCCCCOCCC(O)ON2C(=O)C=CC2=O)C1C. The summed E-state index contributed by atoms with van der Waals surface area (Å²) in [5.74, 6) is 0.263. The molecule has 1 saturated heterocycles. The van der Waals surface area contributed by atoms with Gasteiger partial charge in [0.1, 0.15) is 0 Å². The molecule has 34 heavy (non-hydrogen) atoms. The molecule has 2 aliphatic rings. The first-order valence-electron chi connectivity index (χ1n) is 11.9. The smallest absolute Gasteiger partial charge is 0.278 e. The topological polar surface area (TPSA) is 134 Å². The van der Waals surface area contributed by atoms with Crippen LogP contribution < -0.4 is 10.6 Å². The first kappa shape index (κ1) is 28.3. The van der Waals surface area contributed by atoms with Crippen molar-refractivity contribution in [2.75, 3.05) is 25.5 Å². The van der Waals surface area contributed by atoms with Crippen LogP contribution in [0.4, 0.5) is 0 Å². The summed E-state index contributed by atoms with van der Waals surface area (Å²) in [6.45, 7) is 5.04. The average molecular weight is 500 g/mol. The van der Waals surface area contributed by atoms with Crippen LogP contribution in [0.3, 0.4) is 0 Å². The number of hydroxylamine groups is 2. The summed E-state index contributed by atoms with van der Waals surface area (Å²) < 4.78 is 5.41. The largest absolute Gasteiger partial charge is 0.381 e. The molecule has 3 N–H and O–H groups in total. The molecule has 11 heteroatoms. The highest BCUT2D eigenvalue weighted by Gasteiger charge is 2.33. The monoisotopic (exact) mass is 499 g/mol. The third-order valence-electron chi connectivity index (χ3n) is 5.78. The van der Waals surface area contributed by atoms with Crippen LogP contribution in [0, 0.1) is 5.92 Å². The number of rotatable bonds is 16. The standard InChI is InChI=1S/C23H37N3O7S/c1-16-18(25-17(2)27)15-34-19(16)7-3-4-8-20(28)24-12-5-6-13-32-14-11-23(31)33-26-21(29)9-10-22(26)30/h9-10,16,18-19,23,31H,3-8,11-15H2,1-2H3,(H,24,28)(H,25,27). The second-order valence-electron chi connectivity index (χ2n) is 8.61. The summed E-state index contributed by atoms with van der Waals surface area (Å²) in [6, 6.07) is 0.252. The zero-order valence-electron chi connectivity index (χ0n) is 20.0. The molecule has 1 fully saturated rings. The van der Waals surface area contributed by atoms with Gasteiger partial charge >= 0.3 is 0 Å². The first-order valence-corrected chi connectivity index (χ1v) is 13.0. The fourth-order valence-corrected chi connectivity index (χ4v) is 5.47. The van der Waals surface area contributed by atoms with Crippen molar-refractivity contribution in [1.82, 2.24) is 15.7 Å². The molecule has 0 aromatic carbocycles. The Balaban J connectivity index is 1.39. The lowest BCUT2D eigenvalue weighted by molar-refractivity contribution is -0.246. The molecule has 0 aliphatic carbocycles. The maximum atomic E-state index is 12.0. The highest BCUT2D eigenvalue weighted by Crippen LogP contribution is 2.35. The lowest BCUT2D eigenvalue weighted by atomic mass is 9.96. The molecule has 2 heterocycles. The van der Waals surface area contributed by atoms with Crippen molar-refractivity contribution >= 4 is 35.4 Å². The Morgan fingerprint density at radius 2 is 1.91 bits per heavy atom. The first-order chi connectivity index (χ1) is 16.3. The lowest BCUT2D eigenvalue weighted by Crippen LogP contribution is -2.38. The van der Waals surface area contributed by atoms with Crippen molar-refractivity contribution in [3.63, 3.8) is 0 Å². The Bertz CT molecular complexity index is 715. The summed E-state index contributed by atoms with van der Waals surface area (Å²) in [6.07, 6.45) is 5.96. The molecular weight excluding hydrogens is 462 g/mol. The van der Waals surface area contributed by atoms with Gasteiger partial charge in [-0.15, -0.1) is 5.06 Å². The lowest BCUT2D eigenvalue weighted by Gasteiger charge is -2.20. The Morgan fingerprint density at radius 3 is 2.62 bits per heavy atom. The Kier molecular flexibility index (Phi) is 12.6. The van der Waals surface area contributed by atoms with E-state index in [1.807, 2.05) is 11.8 Å². The highest BCUT2D eigenvalue weighted by atomic mass is 32.2. The second-order valence-corrected chi connectivity index (χ2v) is 9.88. The van der Waals surface area contributed by atoms with Crippen LogP contribution in [0.15, 0.2) is 12.2 Å². The molecule has 10 nitrogen and oxygen atoms in total. The van der Waals surface area contributed by atoms with E-state index in [-0.39, 0.29) is 30.9 Å². The van der Waals surface area contributed by atoms with E-state index in [1.165, 1.54) is 0 Å². The molecule has 2 rings (SSSR count). The number of amides is 4. The van der Waals surface area contributed by atoms with Crippen LogP contribution in [-0.4, -0.2) is 76.9 Å². The number of aliphatic hydroxyl groups excluding tert-OH is 1. The van der Waals surface area contributed by atoms with E-state index >= 15 is 0 Å². The van der Waals surface area contributed by atoms with Crippen LogP contribution in [0.2, 0.25) is 0 Å². The average Bonchev–Trinajstić information content (AvgIpc) is 3.29. The number of unbranched alkanes of at least 4 members (excludes halogenated alkanes) is 2. The second kappa shape index (κ2) is 15.1. The van der Waals surface area contributed by atoms with Gasteiger partial charge in [0.15, 0.2) is 6.29 Å². The molecule has 0 aromatic rings. The van der Waals surface area contributed by atoms with Gasteiger partial charge in [-0.3, -0.25) is 19.2 Å². The fourth-order valence-electron chi connectivity index (χ4n) is 3.80. The molecule has 4 atom stereocenters. The third-order valence-corrected chi connectivity index (χ3v) is 7.43. The molecule has 0 saturated carbocycles. The van der Waals surface area contributed by atoms with E-state index in [0.717, 1.165) is 50.0 Å². The van der Waals surface area contributed by atoms with E-state index in [4.69, 9.17) is 9.57 Å². The van der Waals surface area contributed by atoms with Gasteiger partial charge in [-0.05, 0) is 31.6 Å². The number of imide groups is 1. The Morgan fingerprint density at radius 1 is 1.18 bits per heavy atom. The zero-order chi connectivity index (χ0) is 24.9. The van der Waals surface area contributed by atoms with Gasteiger partial charge in [-0.25, -0.2) is 4.84 Å². The summed E-state index contributed by atoms with van der Waals surface area (Å²) in [5, 5.41) is 16.7. The number of hydrogen-bond donors (Lipinski definition) is 3. The van der Waals surface area contributed by atoms with E-state index in [0.29, 0.717) is 35.8 Å². The molecule has 192 valence electrons. The molecule has 0 bridgehead atoms.